The van der Waals surface area contributed by atoms with Crippen molar-refractivity contribution in [3.05, 3.63) is 126 Å². The van der Waals surface area contributed by atoms with E-state index in [0.29, 0.717) is 6.54 Å². The molecule has 1 aliphatic carbocycles. The van der Waals surface area contributed by atoms with Crippen molar-refractivity contribution in [3.63, 3.8) is 0 Å². The molecule has 1 aromatic heterocycles. The average Bonchev–Trinajstić information content (AvgIpc) is 3.78. The third-order valence-electron chi connectivity index (χ3n) is 9.75. The van der Waals surface area contributed by atoms with Gasteiger partial charge in [0, 0.05) is 23.5 Å². The topological polar surface area (TPSA) is 28.2 Å². The van der Waals surface area contributed by atoms with E-state index in [9.17, 15) is 4.79 Å². The Hall–Kier alpha value is -2.53. The molecule has 250 valence electrons. The Morgan fingerprint density at radius 3 is 2.27 bits per heavy atom. The average molecular weight is 807 g/mol. The van der Waals surface area contributed by atoms with Crippen molar-refractivity contribution >= 4 is 81.2 Å². The van der Waals surface area contributed by atoms with Crippen LogP contribution >= 0.6 is 58.8 Å². The van der Waals surface area contributed by atoms with E-state index in [2.05, 4.69) is 122 Å². The zero-order chi connectivity index (χ0) is 32.5. The number of nitrogens with zero attached hydrogens (tertiary/aromatic N) is 3. The zero-order valence-electron chi connectivity index (χ0n) is 28.3. The molecule has 0 bridgehead atoms. The molecule has 0 spiro atoms. The smallest absolute Gasteiger partial charge is 0.269 e. The number of aromatic nitrogens is 1. The molecule has 0 N–H and O–H groups in total. The number of fused-ring (bicyclic) bond motifs is 3. The van der Waals surface area contributed by atoms with E-state index in [-0.39, 0.29) is 40.8 Å². The maximum absolute atomic E-state index is 14.1. The number of rotatable bonds is 8. The molecule has 3 aromatic carbocycles. The molecular formula is C40H45IN3OS3+. The Morgan fingerprint density at radius 1 is 0.896 bits per heavy atom. The van der Waals surface area contributed by atoms with Gasteiger partial charge < -0.3 is 4.90 Å². The van der Waals surface area contributed by atoms with Gasteiger partial charge in [-0.3, -0.25) is 9.36 Å². The number of hydrogen-bond donors (Lipinski definition) is 0. The Morgan fingerprint density at radius 2 is 1.60 bits per heavy atom. The largest absolute Gasteiger partial charge is 0.335 e. The summed E-state index contributed by atoms with van der Waals surface area (Å²) in [4.78, 5) is 18.0. The third-order valence-corrected chi connectivity index (χ3v) is 13.5. The lowest BCUT2D eigenvalue weighted by molar-refractivity contribution is -0.562. The fourth-order valence-corrected chi connectivity index (χ4v) is 11.6. The van der Waals surface area contributed by atoms with Crippen LogP contribution in [-0.2, 0) is 19.4 Å². The van der Waals surface area contributed by atoms with Crippen LogP contribution in [0.15, 0.2) is 93.6 Å². The van der Waals surface area contributed by atoms with Crippen LogP contribution in [0.2, 0.25) is 0 Å². The molecule has 4 aromatic rings. The van der Waals surface area contributed by atoms with Crippen molar-refractivity contribution in [3.8, 4) is 0 Å². The van der Waals surface area contributed by atoms with E-state index in [4.69, 9.17) is 0 Å². The molecule has 0 radical (unpaired) electrons. The van der Waals surface area contributed by atoms with Crippen LogP contribution in [-0.4, -0.2) is 27.3 Å². The predicted molar refractivity (Wildman–Crippen MR) is 219 cm³/mol. The molecule has 0 fully saturated rings. The number of thiazole rings is 1. The Labute approximate surface area is 314 Å². The summed E-state index contributed by atoms with van der Waals surface area (Å²) in [6.07, 6.45) is 10.3. The zero-order valence-corrected chi connectivity index (χ0v) is 33.1. The third kappa shape index (κ3) is 6.54. The van der Waals surface area contributed by atoms with E-state index in [1.807, 2.05) is 28.1 Å². The lowest BCUT2D eigenvalue weighted by Gasteiger charge is -2.21. The van der Waals surface area contributed by atoms with E-state index in [1.54, 1.807) is 16.9 Å². The van der Waals surface area contributed by atoms with Gasteiger partial charge in [-0.2, -0.15) is 0 Å². The number of halogens is 1. The van der Waals surface area contributed by atoms with Gasteiger partial charge in [0.2, 0.25) is 5.04 Å². The lowest BCUT2D eigenvalue weighted by atomic mass is 9.91. The minimum Gasteiger partial charge on any atom is -0.335 e. The van der Waals surface area contributed by atoms with Crippen molar-refractivity contribution < 1.29 is 4.58 Å². The Kier molecular flexibility index (Phi) is 11.4. The minimum absolute atomic E-state index is 0. The minimum atomic E-state index is 0. The van der Waals surface area contributed by atoms with E-state index < -0.39 is 0 Å². The molecule has 2 atom stereocenters. The van der Waals surface area contributed by atoms with Gasteiger partial charge in [-0.05, 0) is 99.0 Å². The summed E-state index contributed by atoms with van der Waals surface area (Å²) in [5, 5.41) is 2.74. The maximum atomic E-state index is 14.1. The highest BCUT2D eigenvalue weighted by Gasteiger charge is 2.43. The first-order chi connectivity index (χ1) is 23.1. The highest BCUT2D eigenvalue weighted by atomic mass is 127. The summed E-state index contributed by atoms with van der Waals surface area (Å²) in [6.45, 7) is 11.2. The summed E-state index contributed by atoms with van der Waals surface area (Å²) < 4.78 is 6.41. The molecule has 3 aliphatic rings. The second kappa shape index (κ2) is 15.6. The molecule has 0 saturated heterocycles. The van der Waals surface area contributed by atoms with Crippen molar-refractivity contribution in [1.29, 1.82) is 0 Å². The number of thioether (sulfide) groups is 2. The van der Waals surface area contributed by atoms with Crippen molar-refractivity contribution in [2.24, 2.45) is 0 Å². The van der Waals surface area contributed by atoms with Crippen LogP contribution in [0.1, 0.15) is 80.5 Å². The first-order valence-electron chi connectivity index (χ1n) is 17.2. The number of likely N-dealkylation sites (N-methyl/N-ethyl adjacent to an activating group) is 1. The van der Waals surface area contributed by atoms with Gasteiger partial charge in [0.1, 0.15) is 16.5 Å². The molecule has 8 heteroatoms. The summed E-state index contributed by atoms with van der Waals surface area (Å²) >= 11 is 5.50. The quantitative estimate of drug-likeness (QED) is 0.132. The van der Waals surface area contributed by atoms with E-state index >= 15 is 0 Å². The van der Waals surface area contributed by atoms with Gasteiger partial charge in [-0.25, -0.2) is 4.58 Å². The van der Waals surface area contributed by atoms with Crippen LogP contribution < -0.4 is 19.7 Å². The first-order valence-corrected chi connectivity index (χ1v) is 19.7. The molecule has 3 heterocycles. The molecule has 48 heavy (non-hydrogen) atoms. The van der Waals surface area contributed by atoms with Gasteiger partial charge >= 0.3 is 0 Å². The molecular weight excluding hydrogens is 762 g/mol. The highest BCUT2D eigenvalue weighted by molar-refractivity contribution is 14.0. The highest BCUT2D eigenvalue weighted by Crippen LogP contribution is 2.50. The summed E-state index contributed by atoms with van der Waals surface area (Å²) in [5.41, 5.74) is 8.32. The fourth-order valence-electron chi connectivity index (χ4n) is 7.37. The monoisotopic (exact) mass is 806 g/mol. The van der Waals surface area contributed by atoms with Crippen LogP contribution in [0.3, 0.4) is 0 Å². The summed E-state index contributed by atoms with van der Waals surface area (Å²) in [5.74, 6) is 0. The van der Waals surface area contributed by atoms with Crippen LogP contribution in [0, 0.1) is 0 Å². The van der Waals surface area contributed by atoms with E-state index in [0.717, 1.165) is 34.3 Å². The molecule has 0 amide bonds. The summed E-state index contributed by atoms with van der Waals surface area (Å²) in [7, 11) is 0. The van der Waals surface area contributed by atoms with Crippen LogP contribution in [0.25, 0.3) is 11.6 Å². The van der Waals surface area contributed by atoms with Crippen LogP contribution in [0.4, 0.5) is 5.69 Å². The van der Waals surface area contributed by atoms with Crippen LogP contribution in [0.5, 0.6) is 0 Å². The number of benzene rings is 3. The molecule has 0 saturated carbocycles. The second-order valence-electron chi connectivity index (χ2n) is 12.4. The van der Waals surface area contributed by atoms with Crippen molar-refractivity contribution in [2.75, 3.05) is 18.0 Å². The molecule has 2 aliphatic heterocycles. The van der Waals surface area contributed by atoms with Gasteiger partial charge in [0.25, 0.3) is 5.56 Å². The summed E-state index contributed by atoms with van der Waals surface area (Å²) in [6, 6.07) is 26.7. The number of hydrogen-bond acceptors (Lipinski definition) is 5. The fraction of sp³-hybridized carbons (Fsp3) is 0.350. The van der Waals surface area contributed by atoms with E-state index in [1.165, 1.54) is 63.0 Å². The number of allylic oxidation sites excluding steroid dienone is 1. The maximum Gasteiger partial charge on any atom is 0.269 e. The number of anilines is 1. The molecule has 2 unspecified atom stereocenters. The van der Waals surface area contributed by atoms with Gasteiger partial charge in [-0.1, -0.05) is 85.4 Å². The van der Waals surface area contributed by atoms with Gasteiger partial charge in [-0.15, -0.1) is 35.3 Å². The second-order valence-corrected chi connectivity index (χ2v) is 15.6. The normalized spacial score (nSPS) is 20.6. The number of aryl methyl sites for hydroxylation is 1. The van der Waals surface area contributed by atoms with Crippen molar-refractivity contribution in [2.45, 2.75) is 82.5 Å². The lowest BCUT2D eigenvalue weighted by Crippen LogP contribution is -2.32. The Balaban J connectivity index is 0.00000401. The van der Waals surface area contributed by atoms with Gasteiger partial charge in [0.15, 0.2) is 6.04 Å². The molecule has 4 nitrogen and oxygen atoms in total. The van der Waals surface area contributed by atoms with Crippen molar-refractivity contribution in [1.82, 2.24) is 4.57 Å². The SMILES string of the molecule is CCC(/C=C1\Sc2c(ccc3c2CCCC3)N1CC)=c1/s/c(=C/C2=[N+](CC)C(c3ccccc3)C(c3ccccc3)S2)n(CC)c1=O.I. The Bertz CT molecular complexity index is 2030. The predicted octanol–water partition coefficient (Wildman–Crippen LogP) is 8.90. The standard InChI is InChI=1S/C40H44N3OS3.HI/c1-5-27(25-33-41(6-2)32-24-23-28-17-15-16-22-31(28)39(32)47-33)38-40(44)43(8-4)35(46-38)26-34-42(7-3)36(29-18-11-9-12-19-29)37(45-34)30-20-13-10-14-21-30;/h9-14,18-21,23-26,36-37H,5-8,15-17,22H2,1-4H3;1H/q+1;/b33-25-,38-27-;. The van der Waals surface area contributed by atoms with Gasteiger partial charge in [0.05, 0.1) is 21.3 Å². The first kappa shape index (κ1) is 35.3. The molecule has 7 rings (SSSR count).